The summed E-state index contributed by atoms with van der Waals surface area (Å²) in [5, 5.41) is 10.2. The monoisotopic (exact) mass is 286 g/mol. The van der Waals surface area contributed by atoms with E-state index >= 15 is 0 Å². The van der Waals surface area contributed by atoms with E-state index in [4.69, 9.17) is 0 Å². The van der Waals surface area contributed by atoms with Crippen molar-refractivity contribution in [1.29, 1.82) is 0 Å². The summed E-state index contributed by atoms with van der Waals surface area (Å²) in [7, 11) is 0. The molecule has 0 N–H and O–H groups in total. The van der Waals surface area contributed by atoms with E-state index in [9.17, 15) is 18.9 Å². The second-order valence-electron chi connectivity index (χ2n) is 1.82. The number of halogens is 3. The zero-order valence-electron chi connectivity index (χ0n) is 5.42. The SMILES string of the molecule is O=[N+]([O-])c1c(I)cc(F)nc1F. The van der Waals surface area contributed by atoms with Gasteiger partial charge in [0, 0.05) is 6.07 Å². The summed E-state index contributed by atoms with van der Waals surface area (Å²) < 4.78 is 24.7. The molecular formula is C5HF2IN2O2. The van der Waals surface area contributed by atoms with Gasteiger partial charge in [-0.05, 0) is 22.6 Å². The van der Waals surface area contributed by atoms with E-state index in [1.165, 1.54) is 22.6 Å². The first kappa shape index (κ1) is 9.23. The molecule has 0 fully saturated rings. The Morgan fingerprint density at radius 1 is 1.58 bits per heavy atom. The molecule has 0 aliphatic carbocycles. The topological polar surface area (TPSA) is 56.0 Å². The van der Waals surface area contributed by atoms with E-state index < -0.39 is 22.5 Å². The number of rotatable bonds is 1. The number of hydrogen-bond acceptors (Lipinski definition) is 3. The fourth-order valence-corrected chi connectivity index (χ4v) is 1.29. The molecule has 4 nitrogen and oxygen atoms in total. The third kappa shape index (κ3) is 1.65. The molecular weight excluding hydrogens is 285 g/mol. The number of nitrogens with zero attached hydrogens (tertiary/aromatic N) is 2. The van der Waals surface area contributed by atoms with Gasteiger partial charge in [0.25, 0.3) is 5.95 Å². The van der Waals surface area contributed by atoms with Gasteiger partial charge in [0.15, 0.2) is 0 Å². The van der Waals surface area contributed by atoms with Crippen LogP contribution < -0.4 is 0 Å². The van der Waals surface area contributed by atoms with Crippen LogP contribution in [0.2, 0.25) is 0 Å². The standard InChI is InChI=1S/C5HF2IN2O2/c6-3-1-2(8)4(10(11)12)5(7)9-3/h1H. The van der Waals surface area contributed by atoms with Crippen LogP contribution in [0.5, 0.6) is 0 Å². The van der Waals surface area contributed by atoms with E-state index in [1.807, 2.05) is 0 Å². The third-order valence-electron chi connectivity index (χ3n) is 1.05. The van der Waals surface area contributed by atoms with Gasteiger partial charge in [-0.25, -0.2) is 0 Å². The van der Waals surface area contributed by atoms with Crippen molar-refractivity contribution >= 4 is 28.3 Å². The molecule has 0 aromatic carbocycles. The fourth-order valence-electron chi connectivity index (χ4n) is 0.613. The van der Waals surface area contributed by atoms with Crippen LogP contribution in [0.15, 0.2) is 6.07 Å². The summed E-state index contributed by atoms with van der Waals surface area (Å²) in [5.41, 5.74) is -0.794. The van der Waals surface area contributed by atoms with Crippen molar-refractivity contribution in [2.75, 3.05) is 0 Å². The summed E-state index contributed by atoms with van der Waals surface area (Å²) in [6.45, 7) is 0. The van der Waals surface area contributed by atoms with Gasteiger partial charge in [0.1, 0.15) is 3.57 Å². The number of aromatic nitrogens is 1. The number of pyridine rings is 1. The maximum Gasteiger partial charge on any atom is 0.337 e. The van der Waals surface area contributed by atoms with E-state index in [-0.39, 0.29) is 3.57 Å². The molecule has 0 amide bonds. The van der Waals surface area contributed by atoms with Crippen LogP contribution in [-0.2, 0) is 0 Å². The first-order valence-corrected chi connectivity index (χ1v) is 3.76. The van der Waals surface area contributed by atoms with Gasteiger partial charge in [-0.2, -0.15) is 13.8 Å². The Hall–Kier alpha value is -0.860. The maximum absolute atomic E-state index is 12.6. The Morgan fingerprint density at radius 3 is 2.58 bits per heavy atom. The fraction of sp³-hybridized carbons (Fsp3) is 0. The average molecular weight is 286 g/mol. The number of nitro groups is 1. The van der Waals surface area contributed by atoms with E-state index in [1.54, 1.807) is 0 Å². The smallest absolute Gasteiger partial charge is 0.258 e. The molecule has 0 saturated carbocycles. The minimum Gasteiger partial charge on any atom is -0.258 e. The molecule has 0 aliphatic rings. The van der Waals surface area contributed by atoms with Crippen molar-refractivity contribution in [3.63, 3.8) is 0 Å². The highest BCUT2D eigenvalue weighted by atomic mass is 127. The molecule has 0 atom stereocenters. The molecule has 1 aromatic rings. The normalized spacial score (nSPS) is 9.92. The highest BCUT2D eigenvalue weighted by molar-refractivity contribution is 14.1. The quantitative estimate of drug-likeness (QED) is 0.343. The first-order valence-electron chi connectivity index (χ1n) is 2.68. The summed E-state index contributed by atoms with van der Waals surface area (Å²) in [6, 6.07) is 0.793. The lowest BCUT2D eigenvalue weighted by molar-refractivity contribution is -0.389. The minimum absolute atomic E-state index is 0.109. The Morgan fingerprint density at radius 2 is 2.17 bits per heavy atom. The third-order valence-corrected chi connectivity index (χ3v) is 1.88. The lowest BCUT2D eigenvalue weighted by Crippen LogP contribution is -2.00. The van der Waals surface area contributed by atoms with Gasteiger partial charge in [-0.1, -0.05) is 0 Å². The highest BCUT2D eigenvalue weighted by Crippen LogP contribution is 2.22. The van der Waals surface area contributed by atoms with Crippen molar-refractivity contribution in [1.82, 2.24) is 4.98 Å². The molecule has 0 aliphatic heterocycles. The van der Waals surface area contributed by atoms with Crippen LogP contribution in [-0.4, -0.2) is 9.91 Å². The van der Waals surface area contributed by atoms with Gasteiger partial charge in [-0.3, -0.25) is 10.1 Å². The Balaban J connectivity index is 3.38. The first-order chi connectivity index (χ1) is 5.52. The van der Waals surface area contributed by atoms with Crippen LogP contribution in [0.1, 0.15) is 0 Å². The molecule has 1 aromatic heterocycles. The lowest BCUT2D eigenvalue weighted by Gasteiger charge is -1.95. The Kier molecular flexibility index (Phi) is 2.50. The van der Waals surface area contributed by atoms with Gasteiger partial charge >= 0.3 is 5.69 Å². The Labute approximate surface area is 78.9 Å². The summed E-state index contributed by atoms with van der Waals surface area (Å²) >= 11 is 1.47. The largest absolute Gasteiger partial charge is 0.337 e. The van der Waals surface area contributed by atoms with Gasteiger partial charge in [-0.15, -0.1) is 0 Å². The van der Waals surface area contributed by atoms with E-state index in [2.05, 4.69) is 4.98 Å². The lowest BCUT2D eigenvalue weighted by atomic mass is 10.4. The maximum atomic E-state index is 12.6. The van der Waals surface area contributed by atoms with Crippen LogP contribution in [0.3, 0.4) is 0 Å². The Bertz CT molecular complexity index is 321. The predicted octanol–water partition coefficient (Wildman–Crippen LogP) is 1.87. The summed E-state index contributed by atoms with van der Waals surface area (Å²) in [6.07, 6.45) is 0. The van der Waals surface area contributed by atoms with Crippen LogP contribution in [0.4, 0.5) is 14.5 Å². The van der Waals surface area contributed by atoms with Crippen LogP contribution >= 0.6 is 22.6 Å². The zero-order valence-corrected chi connectivity index (χ0v) is 7.58. The average Bonchev–Trinajstić information content (AvgIpc) is 1.82. The molecule has 0 radical (unpaired) electrons. The van der Waals surface area contributed by atoms with Gasteiger partial charge < -0.3 is 0 Å². The zero-order chi connectivity index (χ0) is 9.30. The van der Waals surface area contributed by atoms with E-state index in [0.29, 0.717) is 0 Å². The molecule has 0 spiro atoms. The van der Waals surface area contributed by atoms with Crippen LogP contribution in [0.25, 0.3) is 0 Å². The second-order valence-corrected chi connectivity index (χ2v) is 2.99. The number of hydrogen-bond donors (Lipinski definition) is 0. The van der Waals surface area contributed by atoms with Gasteiger partial charge in [0.05, 0.1) is 4.92 Å². The molecule has 1 heterocycles. The summed E-state index contributed by atoms with van der Waals surface area (Å²) in [5.74, 6) is -2.47. The van der Waals surface area contributed by atoms with Crippen molar-refractivity contribution in [3.8, 4) is 0 Å². The highest BCUT2D eigenvalue weighted by Gasteiger charge is 2.21. The van der Waals surface area contributed by atoms with Crippen LogP contribution in [0, 0.1) is 25.6 Å². The minimum atomic E-state index is -1.40. The molecule has 64 valence electrons. The van der Waals surface area contributed by atoms with Crippen molar-refractivity contribution in [2.24, 2.45) is 0 Å². The second kappa shape index (κ2) is 3.25. The van der Waals surface area contributed by atoms with Gasteiger partial charge in [0.2, 0.25) is 5.95 Å². The van der Waals surface area contributed by atoms with Crippen molar-refractivity contribution < 1.29 is 13.7 Å². The molecule has 0 unspecified atom stereocenters. The van der Waals surface area contributed by atoms with Crippen molar-refractivity contribution in [2.45, 2.75) is 0 Å². The predicted molar refractivity (Wildman–Crippen MR) is 43.5 cm³/mol. The van der Waals surface area contributed by atoms with E-state index in [0.717, 1.165) is 6.07 Å². The molecule has 0 bridgehead atoms. The molecule has 7 heteroatoms. The molecule has 1 rings (SSSR count). The molecule has 12 heavy (non-hydrogen) atoms. The van der Waals surface area contributed by atoms with Crippen molar-refractivity contribution in [3.05, 3.63) is 31.6 Å². The summed E-state index contributed by atoms with van der Waals surface area (Å²) in [4.78, 5) is 11.9. The molecule has 0 saturated heterocycles.